The molecule has 60 heavy (non-hydrogen) atoms. The van der Waals surface area contributed by atoms with Crippen molar-refractivity contribution in [2.45, 2.75) is 45.3 Å². The molecule has 276 valence electrons. The number of hydrogen-bond donors (Lipinski definition) is 0. The quantitative estimate of drug-likeness (QED) is 0.154. The fraction of sp³-hybridized carbons (Fsp3) is 0.138. The lowest BCUT2D eigenvalue weighted by atomic mass is 9.42. The van der Waals surface area contributed by atoms with Crippen molar-refractivity contribution in [2.24, 2.45) is 0 Å². The van der Waals surface area contributed by atoms with Gasteiger partial charge in [-0.15, -0.1) is 0 Å². The van der Waals surface area contributed by atoms with Gasteiger partial charge in [0.2, 0.25) is 0 Å². The van der Waals surface area contributed by atoms with Gasteiger partial charge in [0.1, 0.15) is 10.8 Å². The summed E-state index contributed by atoms with van der Waals surface area (Å²) in [5, 5.41) is 0. The van der Waals surface area contributed by atoms with Gasteiger partial charge in [0.05, 0.1) is 10.8 Å². The molecule has 4 unspecified atom stereocenters. The van der Waals surface area contributed by atoms with Crippen molar-refractivity contribution >= 4 is 11.6 Å². The van der Waals surface area contributed by atoms with Gasteiger partial charge in [0.25, 0.3) is 0 Å². The van der Waals surface area contributed by atoms with Crippen molar-refractivity contribution in [1.29, 1.82) is 0 Å². The van der Waals surface area contributed by atoms with Crippen LogP contribution >= 0.6 is 0 Å². The fourth-order valence-electron chi connectivity index (χ4n) is 16.5. The van der Waals surface area contributed by atoms with Crippen LogP contribution in [-0.2, 0) is 31.2 Å². The number of carbonyl (C=O) groups excluding carboxylic acids is 2. The van der Waals surface area contributed by atoms with Crippen molar-refractivity contribution in [1.82, 2.24) is 0 Å². The summed E-state index contributed by atoms with van der Waals surface area (Å²) in [6, 6.07) is 62.5. The van der Waals surface area contributed by atoms with E-state index in [9.17, 15) is 0 Å². The standard InChI is InChI=1S/C58H32O2/c59-53-55-39-19-7-1-13-29(39)45(30-14-2-8-20-40(30)55)35-25-27-37-48-33-17-5-11-23-43(33)57(53,51(37)49(35)55)47-34-18-6-12-24-44(34)58(48)52-38(47)28-26-36-46-31-15-3-9-21-41(31)56(50(36)52,54(58)60)42-22-10-4-16-32(42)46/h1-28,45-48H. The average Bonchev–Trinajstić information content (AvgIpc) is 3.70. The van der Waals surface area contributed by atoms with Crippen molar-refractivity contribution in [3.05, 3.63) is 281 Å². The second kappa shape index (κ2) is 8.98. The summed E-state index contributed by atoms with van der Waals surface area (Å²) < 4.78 is 0. The highest BCUT2D eigenvalue weighted by Gasteiger charge is 2.80. The molecule has 0 N–H and O–H groups in total. The normalized spacial score (nSPS) is 31.0. The Labute approximate surface area is 346 Å². The van der Waals surface area contributed by atoms with Crippen LogP contribution in [0.15, 0.2) is 170 Å². The topological polar surface area (TPSA) is 34.1 Å². The van der Waals surface area contributed by atoms with E-state index < -0.39 is 21.7 Å². The predicted octanol–water partition coefficient (Wildman–Crippen LogP) is 10.3. The first-order valence-electron chi connectivity index (χ1n) is 21.7. The van der Waals surface area contributed by atoms with Gasteiger partial charge in [0.15, 0.2) is 11.6 Å². The zero-order chi connectivity index (χ0) is 38.8. The van der Waals surface area contributed by atoms with Gasteiger partial charge < -0.3 is 0 Å². The Balaban J connectivity index is 1.13. The molecular weight excluding hydrogens is 729 g/mol. The lowest BCUT2D eigenvalue weighted by Crippen LogP contribution is -2.59. The van der Waals surface area contributed by atoms with E-state index in [1.807, 2.05) is 0 Å². The second-order valence-electron chi connectivity index (χ2n) is 19.0. The molecule has 0 saturated carbocycles. The van der Waals surface area contributed by atoms with Gasteiger partial charge in [0, 0.05) is 23.7 Å². The summed E-state index contributed by atoms with van der Waals surface area (Å²) in [7, 11) is 0. The van der Waals surface area contributed by atoms with Crippen LogP contribution in [-0.4, -0.2) is 11.6 Å². The molecule has 8 bridgehead atoms. The van der Waals surface area contributed by atoms with Crippen molar-refractivity contribution in [3.63, 3.8) is 0 Å². The Morgan fingerprint density at radius 3 is 0.900 bits per heavy atom. The van der Waals surface area contributed by atoms with Gasteiger partial charge >= 0.3 is 0 Å². The monoisotopic (exact) mass is 760 g/mol. The van der Waals surface area contributed by atoms with Gasteiger partial charge in [-0.25, -0.2) is 0 Å². The highest BCUT2D eigenvalue weighted by molar-refractivity contribution is 6.21. The molecule has 8 aromatic carbocycles. The minimum atomic E-state index is -1.05. The van der Waals surface area contributed by atoms with Crippen LogP contribution in [0.1, 0.15) is 135 Å². The SMILES string of the molecule is O=C1C23c4ccccc4C(c4ccccc42)c2ccc4c(c23)C12c1ccccc1C4C13C(=O)C45c6ccccc6C(c6ccccc64)c4ccc(c1c45)C2c1ccccc13. The third-order valence-corrected chi connectivity index (χ3v) is 17.7. The molecule has 8 aromatic rings. The molecule has 0 aliphatic heterocycles. The van der Waals surface area contributed by atoms with E-state index in [1.54, 1.807) is 0 Å². The maximum Gasteiger partial charge on any atom is 0.168 e. The molecule has 0 saturated heterocycles. The molecule has 22 rings (SSSR count). The molecule has 4 spiro atoms. The van der Waals surface area contributed by atoms with Crippen LogP contribution < -0.4 is 0 Å². The number of Topliss-reactive ketones (excluding diaryl/α,β-unsaturated/α-hetero) is 2. The highest BCUT2D eigenvalue weighted by atomic mass is 16.1. The number of benzene rings is 8. The lowest BCUT2D eigenvalue weighted by molar-refractivity contribution is -0.126. The molecule has 0 aromatic heterocycles. The molecule has 14 aliphatic carbocycles. The zero-order valence-electron chi connectivity index (χ0n) is 32.3. The smallest absolute Gasteiger partial charge is 0.168 e. The van der Waals surface area contributed by atoms with Crippen LogP contribution in [0.5, 0.6) is 0 Å². The second-order valence-corrected chi connectivity index (χ2v) is 19.0. The molecule has 0 heterocycles. The Bertz CT molecular complexity index is 3220. The minimum Gasteiger partial charge on any atom is -0.296 e. The zero-order valence-corrected chi connectivity index (χ0v) is 32.3. The average molecular weight is 761 g/mol. The number of ketones is 2. The van der Waals surface area contributed by atoms with Crippen molar-refractivity contribution in [2.75, 3.05) is 0 Å². The van der Waals surface area contributed by atoms with E-state index >= 15 is 9.59 Å². The first-order valence-corrected chi connectivity index (χ1v) is 21.7. The molecule has 0 radical (unpaired) electrons. The Morgan fingerprint density at radius 2 is 0.550 bits per heavy atom. The molecule has 0 amide bonds. The van der Waals surface area contributed by atoms with Gasteiger partial charge in [-0.2, -0.15) is 0 Å². The van der Waals surface area contributed by atoms with E-state index in [-0.39, 0.29) is 35.2 Å². The number of rotatable bonds is 0. The maximum atomic E-state index is 17.5. The van der Waals surface area contributed by atoms with Gasteiger partial charge in [-0.3, -0.25) is 9.59 Å². The number of carbonyl (C=O) groups is 2. The van der Waals surface area contributed by atoms with E-state index in [2.05, 4.69) is 170 Å². The summed E-state index contributed by atoms with van der Waals surface area (Å²) in [5.41, 5.74) is 19.5. The van der Waals surface area contributed by atoms with Crippen LogP contribution in [0.3, 0.4) is 0 Å². The van der Waals surface area contributed by atoms with Crippen LogP contribution in [0.25, 0.3) is 0 Å². The Morgan fingerprint density at radius 1 is 0.267 bits per heavy atom. The summed E-state index contributed by atoms with van der Waals surface area (Å²) in [6.45, 7) is 0. The molecule has 0 fully saturated rings. The minimum absolute atomic E-state index is 0.0275. The summed E-state index contributed by atoms with van der Waals surface area (Å²) in [6.07, 6.45) is 0. The molecule has 2 nitrogen and oxygen atoms in total. The van der Waals surface area contributed by atoms with Crippen LogP contribution in [0.2, 0.25) is 0 Å². The van der Waals surface area contributed by atoms with E-state index in [4.69, 9.17) is 0 Å². The number of hydrogen-bond acceptors (Lipinski definition) is 2. The maximum absolute atomic E-state index is 17.5. The molecule has 2 heteroatoms. The van der Waals surface area contributed by atoms with Crippen LogP contribution in [0, 0.1) is 0 Å². The first-order chi connectivity index (χ1) is 29.6. The fourth-order valence-corrected chi connectivity index (χ4v) is 16.5. The summed E-state index contributed by atoms with van der Waals surface area (Å²) >= 11 is 0. The van der Waals surface area contributed by atoms with Crippen LogP contribution in [0.4, 0.5) is 0 Å². The largest absolute Gasteiger partial charge is 0.296 e. The summed E-state index contributed by atoms with van der Waals surface area (Å²) in [5.74, 6) is -0.125. The summed E-state index contributed by atoms with van der Waals surface area (Å²) in [4.78, 5) is 35.1. The highest BCUT2D eigenvalue weighted by Crippen LogP contribution is 2.80. The lowest BCUT2D eigenvalue weighted by Gasteiger charge is -2.57. The third kappa shape index (κ3) is 2.44. The molecular formula is C58H32O2. The predicted molar refractivity (Wildman–Crippen MR) is 228 cm³/mol. The molecule has 14 aliphatic rings. The Hall–Kier alpha value is -6.90. The van der Waals surface area contributed by atoms with E-state index in [1.165, 1.54) is 66.8 Å². The van der Waals surface area contributed by atoms with Crippen molar-refractivity contribution in [3.8, 4) is 0 Å². The van der Waals surface area contributed by atoms with E-state index in [0.29, 0.717) is 0 Å². The van der Waals surface area contributed by atoms with Gasteiger partial charge in [-0.05, 0) is 111 Å². The van der Waals surface area contributed by atoms with Gasteiger partial charge in [-0.1, -0.05) is 170 Å². The molecule has 4 atom stereocenters. The first kappa shape index (κ1) is 30.2. The third-order valence-electron chi connectivity index (χ3n) is 17.7. The van der Waals surface area contributed by atoms with Crippen molar-refractivity contribution < 1.29 is 9.59 Å². The van der Waals surface area contributed by atoms with E-state index in [0.717, 1.165) is 44.5 Å². The Kier molecular flexibility index (Phi) is 4.52.